The molecule has 4 aromatic rings. The SMILES string of the molecule is C=C(c1ccc(N=Nc2c(C(=O)O)cc(O)c(N=Nc3ccc(N=Nc4ccc(S(=O)(=O)CCOS(=O)(=O)O)cc4)c(NC(C)=O)c3)c2O)cc1)S(=O)O. The number of hydrogen-bond acceptors (Lipinski definition) is 16. The molecule has 0 spiro atoms. The van der Waals surface area contributed by atoms with Crippen molar-refractivity contribution in [3.05, 3.63) is 90.5 Å². The van der Waals surface area contributed by atoms with Crippen molar-refractivity contribution < 1.29 is 59.2 Å². The van der Waals surface area contributed by atoms with Crippen LogP contribution in [0.25, 0.3) is 4.91 Å². The van der Waals surface area contributed by atoms with Gasteiger partial charge in [0.25, 0.3) is 0 Å². The number of aromatic hydroxyl groups is 2. The third-order valence-corrected chi connectivity index (χ3v) is 9.55. The lowest BCUT2D eigenvalue weighted by molar-refractivity contribution is -0.114. The molecule has 1 unspecified atom stereocenters. The van der Waals surface area contributed by atoms with E-state index in [1.54, 1.807) is 0 Å². The van der Waals surface area contributed by atoms with Gasteiger partial charge in [-0.1, -0.05) is 18.7 Å². The molecule has 23 heteroatoms. The Morgan fingerprint density at radius 2 is 1.37 bits per heavy atom. The van der Waals surface area contributed by atoms with Crippen LogP contribution in [0, 0.1) is 0 Å². The summed E-state index contributed by atoms with van der Waals surface area (Å²) in [5.74, 6) is -4.47. The molecule has 0 bridgehead atoms. The number of aromatic carboxylic acids is 1. The number of phenols is 2. The van der Waals surface area contributed by atoms with Crippen molar-refractivity contribution >= 4 is 87.9 Å². The van der Waals surface area contributed by atoms with Crippen LogP contribution in [0.4, 0.5) is 39.8 Å². The maximum Gasteiger partial charge on any atom is 0.397 e. The Hall–Kier alpha value is -6.11. The predicted molar refractivity (Wildman–Crippen MR) is 192 cm³/mol. The first-order chi connectivity index (χ1) is 25.3. The topological polar surface area (TPSA) is 316 Å². The van der Waals surface area contributed by atoms with Crippen molar-refractivity contribution in [1.82, 2.24) is 0 Å². The van der Waals surface area contributed by atoms with Crippen molar-refractivity contribution in [2.45, 2.75) is 11.8 Å². The summed E-state index contributed by atoms with van der Waals surface area (Å²) in [5, 5.41) is 57.2. The van der Waals surface area contributed by atoms with Gasteiger partial charge in [-0.2, -0.15) is 23.8 Å². The van der Waals surface area contributed by atoms with E-state index >= 15 is 0 Å². The fourth-order valence-electron chi connectivity index (χ4n) is 4.19. The van der Waals surface area contributed by atoms with Crippen molar-refractivity contribution in [2.24, 2.45) is 30.7 Å². The second-order valence-electron chi connectivity index (χ2n) is 10.6. The summed E-state index contributed by atoms with van der Waals surface area (Å²) < 4.78 is 79.3. The molecule has 20 nitrogen and oxygen atoms in total. The van der Waals surface area contributed by atoms with Gasteiger partial charge in [-0.3, -0.25) is 9.35 Å². The van der Waals surface area contributed by atoms with E-state index in [2.05, 4.69) is 46.8 Å². The van der Waals surface area contributed by atoms with Crippen LogP contribution in [-0.4, -0.2) is 69.7 Å². The number of sulfone groups is 1. The predicted octanol–water partition coefficient (Wildman–Crippen LogP) is 6.79. The Kier molecular flexibility index (Phi) is 12.9. The average Bonchev–Trinajstić information content (AvgIpc) is 3.09. The molecule has 1 amide bonds. The minimum Gasteiger partial charge on any atom is -0.505 e. The van der Waals surface area contributed by atoms with E-state index < -0.39 is 84.0 Å². The molecule has 1 atom stereocenters. The van der Waals surface area contributed by atoms with Crippen molar-refractivity contribution in [2.75, 3.05) is 17.7 Å². The first-order valence-electron chi connectivity index (χ1n) is 14.7. The van der Waals surface area contributed by atoms with Crippen LogP contribution in [-0.2, 0) is 40.3 Å². The molecule has 6 N–H and O–H groups in total. The van der Waals surface area contributed by atoms with Gasteiger partial charge in [-0.25, -0.2) is 21.6 Å². The lowest BCUT2D eigenvalue weighted by Crippen LogP contribution is -2.15. The zero-order chi connectivity index (χ0) is 39.8. The number of azo groups is 3. The van der Waals surface area contributed by atoms with Crippen LogP contribution >= 0.6 is 0 Å². The number of rotatable bonds is 15. The lowest BCUT2D eigenvalue weighted by atomic mass is 10.1. The molecule has 282 valence electrons. The average molecular weight is 802 g/mol. The monoisotopic (exact) mass is 801 g/mol. The van der Waals surface area contributed by atoms with Crippen LogP contribution in [0.1, 0.15) is 22.8 Å². The summed E-state index contributed by atoms with van der Waals surface area (Å²) in [6, 6.07) is 15.5. The Morgan fingerprint density at radius 1 is 0.815 bits per heavy atom. The zero-order valence-electron chi connectivity index (χ0n) is 27.5. The highest BCUT2D eigenvalue weighted by Gasteiger charge is 2.22. The molecule has 0 fully saturated rings. The van der Waals surface area contributed by atoms with E-state index in [9.17, 15) is 50.5 Å². The number of carbonyl (C=O) groups is 2. The van der Waals surface area contributed by atoms with Gasteiger partial charge in [-0.05, 0) is 66.2 Å². The Balaban J connectivity index is 1.59. The molecule has 0 saturated carbocycles. The van der Waals surface area contributed by atoms with Crippen molar-refractivity contribution in [3.63, 3.8) is 0 Å². The maximum atomic E-state index is 12.4. The molecule has 4 aromatic carbocycles. The molecule has 0 aromatic heterocycles. The lowest BCUT2D eigenvalue weighted by Gasteiger charge is -2.08. The van der Waals surface area contributed by atoms with Gasteiger partial charge in [0.05, 0.1) is 50.5 Å². The zero-order valence-corrected chi connectivity index (χ0v) is 29.9. The van der Waals surface area contributed by atoms with E-state index in [1.165, 1.54) is 73.7 Å². The number of carboxylic acid groups (broad SMARTS) is 1. The highest BCUT2D eigenvalue weighted by molar-refractivity contribution is 7.91. The number of carboxylic acids is 1. The summed E-state index contributed by atoms with van der Waals surface area (Å²) in [4.78, 5) is 23.6. The highest BCUT2D eigenvalue weighted by Crippen LogP contribution is 2.47. The number of nitrogens with one attached hydrogen (secondary N) is 1. The van der Waals surface area contributed by atoms with E-state index in [0.717, 1.165) is 6.07 Å². The normalized spacial score (nSPS) is 12.7. The molecule has 0 aliphatic rings. The van der Waals surface area contributed by atoms with E-state index in [0.29, 0.717) is 5.56 Å². The van der Waals surface area contributed by atoms with Crippen LogP contribution in [0.2, 0.25) is 0 Å². The van der Waals surface area contributed by atoms with E-state index in [4.69, 9.17) is 4.55 Å². The number of hydrogen-bond donors (Lipinski definition) is 6. The van der Waals surface area contributed by atoms with Gasteiger partial charge in [0, 0.05) is 6.92 Å². The molecule has 0 radical (unpaired) electrons. The number of amides is 1. The molecule has 0 aliphatic heterocycles. The van der Waals surface area contributed by atoms with E-state index in [1.807, 2.05) is 0 Å². The summed E-state index contributed by atoms with van der Waals surface area (Å²) in [5.41, 5.74) is -0.837. The number of nitrogens with zero attached hydrogens (tertiary/aromatic N) is 6. The van der Waals surface area contributed by atoms with Gasteiger partial charge in [0.2, 0.25) is 5.91 Å². The second kappa shape index (κ2) is 17.1. The number of phenolic OH excluding ortho intramolecular Hbond substituents is 2. The summed E-state index contributed by atoms with van der Waals surface area (Å²) in [7, 11) is -8.78. The summed E-state index contributed by atoms with van der Waals surface area (Å²) in [6.07, 6.45) is 0. The number of anilines is 1. The first-order valence-corrected chi connectivity index (χ1v) is 18.8. The Bertz CT molecular complexity index is 2450. The Morgan fingerprint density at radius 3 is 1.94 bits per heavy atom. The first kappa shape index (κ1) is 40.7. The molecular weight excluding hydrogens is 775 g/mol. The number of benzene rings is 4. The molecular formula is C31H27N7O13S3. The molecule has 4 rings (SSSR count). The molecule has 0 aliphatic carbocycles. The van der Waals surface area contributed by atoms with Crippen molar-refractivity contribution in [3.8, 4) is 11.5 Å². The van der Waals surface area contributed by atoms with Crippen molar-refractivity contribution in [1.29, 1.82) is 0 Å². The van der Waals surface area contributed by atoms with Gasteiger partial charge in [0.15, 0.2) is 32.4 Å². The third kappa shape index (κ3) is 11.0. The Labute approximate surface area is 308 Å². The quantitative estimate of drug-likeness (QED) is 0.0410. The van der Waals surface area contributed by atoms with Gasteiger partial charge >= 0.3 is 16.4 Å². The fraction of sp³-hybridized carbons (Fsp3) is 0.0968. The second-order valence-corrected chi connectivity index (χ2v) is 14.7. The molecule has 54 heavy (non-hydrogen) atoms. The van der Waals surface area contributed by atoms with Gasteiger partial charge in [-0.15, -0.1) is 15.3 Å². The summed E-state index contributed by atoms with van der Waals surface area (Å²) in [6.45, 7) is 3.92. The number of carbonyl (C=O) groups excluding carboxylic acids is 1. The standard InChI is InChI=1S/C31H27N7O13S3/c1-17(52(44)45)19-3-5-20(6-4-19)34-37-28-24(31(42)43)16-27(40)29(30(28)41)38-35-22-9-12-25(26(15-22)32-18(2)39)36-33-21-7-10-23(11-8-21)53(46,47)14-13-51-54(48,49)50/h3-12,15-16,40-41H,1,13-14H2,2H3,(H,32,39)(H,42,43)(H,44,45)(H,48,49,50). The fourth-order valence-corrected chi connectivity index (χ4v) is 6.02. The van der Waals surface area contributed by atoms with Gasteiger partial charge < -0.3 is 25.2 Å². The minimum absolute atomic E-state index is 0.0556. The van der Waals surface area contributed by atoms with Crippen LogP contribution in [0.5, 0.6) is 11.5 Å². The smallest absolute Gasteiger partial charge is 0.397 e. The molecule has 0 heterocycles. The minimum atomic E-state index is -4.81. The van der Waals surface area contributed by atoms with E-state index in [-0.39, 0.29) is 38.2 Å². The largest absolute Gasteiger partial charge is 0.505 e. The van der Waals surface area contributed by atoms with Crippen LogP contribution in [0.15, 0.2) is 115 Å². The van der Waals surface area contributed by atoms with Crippen LogP contribution in [0.3, 0.4) is 0 Å². The van der Waals surface area contributed by atoms with Gasteiger partial charge in [0.1, 0.15) is 17.1 Å². The summed E-state index contributed by atoms with van der Waals surface area (Å²) >= 11 is -2.31. The van der Waals surface area contributed by atoms with Crippen LogP contribution < -0.4 is 5.32 Å². The molecule has 0 saturated heterocycles. The third-order valence-electron chi connectivity index (χ3n) is 6.73. The highest BCUT2D eigenvalue weighted by atomic mass is 32.3. The maximum absolute atomic E-state index is 12.4.